The monoisotopic (exact) mass is 380 g/mol. The van der Waals surface area contributed by atoms with E-state index in [-0.39, 0.29) is 16.9 Å². The minimum Gasteiger partial charge on any atom is -0.432 e. The Bertz CT molecular complexity index is 974. The second kappa shape index (κ2) is 8.42. The van der Waals surface area contributed by atoms with E-state index in [4.69, 9.17) is 17.0 Å². The van der Waals surface area contributed by atoms with Crippen molar-refractivity contribution in [3.05, 3.63) is 89.7 Å². The summed E-state index contributed by atoms with van der Waals surface area (Å²) in [6, 6.07) is 20.0. The molecule has 136 valence electrons. The summed E-state index contributed by atoms with van der Waals surface area (Å²) in [7, 11) is 0. The number of carbonyl (C=O) groups excluding carboxylic acids is 1. The standard InChI is InChI=1S/C21H17FN2O2S/c1-14-4-2-6-18(12-14)23-20(25)15-5-3-7-19(13-15)26-21(27)24-17-10-8-16(22)9-11-17/h2-13H,1H3,(H,23,25)(H,24,27). The molecule has 0 unspecified atom stereocenters. The number of benzene rings is 3. The molecule has 2 N–H and O–H groups in total. The minimum atomic E-state index is -0.334. The van der Waals surface area contributed by atoms with Crippen molar-refractivity contribution in [3.63, 3.8) is 0 Å². The van der Waals surface area contributed by atoms with Crippen LogP contribution in [0.15, 0.2) is 72.8 Å². The van der Waals surface area contributed by atoms with Gasteiger partial charge in [0.05, 0.1) is 0 Å². The quantitative estimate of drug-likeness (QED) is 0.614. The third kappa shape index (κ3) is 5.36. The lowest BCUT2D eigenvalue weighted by Gasteiger charge is -2.11. The van der Waals surface area contributed by atoms with Gasteiger partial charge in [0.1, 0.15) is 11.6 Å². The zero-order valence-electron chi connectivity index (χ0n) is 14.5. The van der Waals surface area contributed by atoms with Gasteiger partial charge in [-0.25, -0.2) is 4.39 Å². The predicted octanol–water partition coefficient (Wildman–Crippen LogP) is 5.16. The fraction of sp³-hybridized carbons (Fsp3) is 0.0476. The number of ether oxygens (including phenoxy) is 1. The van der Waals surface area contributed by atoms with Crippen LogP contribution in [0.25, 0.3) is 0 Å². The lowest BCUT2D eigenvalue weighted by atomic mass is 10.2. The highest BCUT2D eigenvalue weighted by atomic mass is 32.1. The van der Waals surface area contributed by atoms with Crippen molar-refractivity contribution < 1.29 is 13.9 Å². The van der Waals surface area contributed by atoms with E-state index in [1.807, 2.05) is 31.2 Å². The molecule has 0 saturated carbocycles. The Morgan fingerprint density at radius 2 is 1.67 bits per heavy atom. The molecule has 0 heterocycles. The number of amides is 1. The van der Waals surface area contributed by atoms with Gasteiger partial charge in [0, 0.05) is 16.9 Å². The van der Waals surface area contributed by atoms with Gasteiger partial charge < -0.3 is 15.4 Å². The molecule has 0 spiro atoms. The molecule has 0 bridgehead atoms. The van der Waals surface area contributed by atoms with Crippen LogP contribution in [0.1, 0.15) is 15.9 Å². The van der Waals surface area contributed by atoms with Gasteiger partial charge in [0.15, 0.2) is 0 Å². The lowest BCUT2D eigenvalue weighted by Crippen LogP contribution is -2.17. The second-order valence-electron chi connectivity index (χ2n) is 5.87. The Morgan fingerprint density at radius 1 is 0.926 bits per heavy atom. The number of carbonyl (C=O) groups is 1. The Labute approximate surface area is 162 Å². The normalized spacial score (nSPS) is 10.1. The van der Waals surface area contributed by atoms with Crippen LogP contribution >= 0.6 is 12.2 Å². The number of rotatable bonds is 4. The number of hydrogen-bond acceptors (Lipinski definition) is 3. The first kappa shape index (κ1) is 18.5. The summed E-state index contributed by atoms with van der Waals surface area (Å²) in [6.45, 7) is 1.96. The lowest BCUT2D eigenvalue weighted by molar-refractivity contribution is 0.102. The van der Waals surface area contributed by atoms with E-state index < -0.39 is 0 Å². The van der Waals surface area contributed by atoms with E-state index in [1.165, 1.54) is 12.1 Å². The van der Waals surface area contributed by atoms with Gasteiger partial charge in [-0.05, 0) is 79.3 Å². The number of hydrogen-bond donors (Lipinski definition) is 2. The Kier molecular flexibility index (Phi) is 5.78. The van der Waals surface area contributed by atoms with Crippen molar-refractivity contribution in [3.8, 4) is 5.75 Å². The van der Waals surface area contributed by atoms with E-state index in [9.17, 15) is 9.18 Å². The SMILES string of the molecule is Cc1cccc(NC(=O)c2cccc(OC(=S)Nc3ccc(F)cc3)c2)c1. The minimum absolute atomic E-state index is 0.0952. The topological polar surface area (TPSA) is 50.4 Å². The largest absolute Gasteiger partial charge is 0.432 e. The number of aryl methyl sites for hydroxylation is 1. The van der Waals surface area contributed by atoms with Crippen molar-refractivity contribution in [2.24, 2.45) is 0 Å². The Morgan fingerprint density at radius 3 is 2.41 bits per heavy atom. The zero-order valence-corrected chi connectivity index (χ0v) is 15.3. The van der Waals surface area contributed by atoms with E-state index in [2.05, 4.69) is 10.6 Å². The third-order valence-corrected chi connectivity index (χ3v) is 3.86. The van der Waals surface area contributed by atoms with Crippen molar-refractivity contribution >= 4 is 34.7 Å². The van der Waals surface area contributed by atoms with Gasteiger partial charge in [0.25, 0.3) is 11.1 Å². The number of anilines is 2. The molecule has 3 aromatic rings. The molecule has 27 heavy (non-hydrogen) atoms. The van der Waals surface area contributed by atoms with E-state index in [0.29, 0.717) is 17.0 Å². The molecule has 4 nitrogen and oxygen atoms in total. The van der Waals surface area contributed by atoms with E-state index in [0.717, 1.165) is 11.3 Å². The van der Waals surface area contributed by atoms with Crippen LogP contribution in [0.5, 0.6) is 5.75 Å². The Hall–Kier alpha value is -3.25. The van der Waals surface area contributed by atoms with Gasteiger partial charge in [-0.3, -0.25) is 4.79 Å². The van der Waals surface area contributed by atoms with Gasteiger partial charge in [-0.1, -0.05) is 18.2 Å². The average Bonchev–Trinajstić information content (AvgIpc) is 2.64. The van der Waals surface area contributed by atoms with Gasteiger partial charge in [-0.2, -0.15) is 0 Å². The predicted molar refractivity (Wildman–Crippen MR) is 109 cm³/mol. The maximum absolute atomic E-state index is 12.9. The van der Waals surface area contributed by atoms with Crippen LogP contribution in [0.3, 0.4) is 0 Å². The van der Waals surface area contributed by atoms with Crippen molar-refractivity contribution in [1.29, 1.82) is 0 Å². The molecule has 3 rings (SSSR count). The zero-order chi connectivity index (χ0) is 19.2. The first-order chi connectivity index (χ1) is 13.0. The molecule has 0 aromatic heterocycles. The molecule has 0 aliphatic heterocycles. The van der Waals surface area contributed by atoms with Gasteiger partial charge >= 0.3 is 0 Å². The molecule has 0 aliphatic carbocycles. The molecule has 0 radical (unpaired) electrons. The highest BCUT2D eigenvalue weighted by Gasteiger charge is 2.09. The van der Waals surface area contributed by atoms with Crippen molar-refractivity contribution in [2.75, 3.05) is 10.6 Å². The molecule has 6 heteroatoms. The smallest absolute Gasteiger partial charge is 0.266 e. The summed E-state index contributed by atoms with van der Waals surface area (Å²) in [5, 5.41) is 5.80. The summed E-state index contributed by atoms with van der Waals surface area (Å²) in [5.41, 5.74) is 2.83. The summed E-state index contributed by atoms with van der Waals surface area (Å²) in [5.74, 6) is -0.158. The van der Waals surface area contributed by atoms with Crippen LogP contribution in [-0.2, 0) is 0 Å². The number of halogens is 1. The highest BCUT2D eigenvalue weighted by Crippen LogP contribution is 2.17. The molecule has 0 fully saturated rings. The number of nitrogens with one attached hydrogen (secondary N) is 2. The van der Waals surface area contributed by atoms with Crippen LogP contribution in [-0.4, -0.2) is 11.1 Å². The fourth-order valence-electron chi connectivity index (χ4n) is 2.41. The first-order valence-electron chi connectivity index (χ1n) is 8.22. The van der Waals surface area contributed by atoms with Gasteiger partial charge in [0.2, 0.25) is 0 Å². The van der Waals surface area contributed by atoms with Crippen LogP contribution < -0.4 is 15.4 Å². The number of thiocarbonyl (C=S) groups is 1. The fourth-order valence-corrected chi connectivity index (χ4v) is 2.62. The van der Waals surface area contributed by atoms with Crippen LogP contribution in [0.4, 0.5) is 15.8 Å². The van der Waals surface area contributed by atoms with Gasteiger partial charge in [-0.15, -0.1) is 0 Å². The third-order valence-electron chi connectivity index (χ3n) is 3.67. The average molecular weight is 380 g/mol. The maximum atomic E-state index is 12.9. The summed E-state index contributed by atoms with van der Waals surface area (Å²) < 4.78 is 18.5. The van der Waals surface area contributed by atoms with Crippen molar-refractivity contribution in [1.82, 2.24) is 0 Å². The van der Waals surface area contributed by atoms with Crippen molar-refractivity contribution in [2.45, 2.75) is 6.92 Å². The van der Waals surface area contributed by atoms with Crippen LogP contribution in [0, 0.1) is 12.7 Å². The molecule has 0 aliphatic rings. The van der Waals surface area contributed by atoms with E-state index in [1.54, 1.807) is 36.4 Å². The molecule has 3 aromatic carbocycles. The molecule has 0 atom stereocenters. The van der Waals surface area contributed by atoms with Crippen LogP contribution in [0.2, 0.25) is 0 Å². The summed E-state index contributed by atoms with van der Waals surface area (Å²) in [6.07, 6.45) is 0. The van der Waals surface area contributed by atoms with E-state index >= 15 is 0 Å². The molecule has 0 saturated heterocycles. The molecular weight excluding hydrogens is 363 g/mol. The summed E-state index contributed by atoms with van der Waals surface area (Å²) >= 11 is 5.15. The highest BCUT2D eigenvalue weighted by molar-refractivity contribution is 7.80. The first-order valence-corrected chi connectivity index (χ1v) is 8.63. The summed E-state index contributed by atoms with van der Waals surface area (Å²) in [4.78, 5) is 12.4. The molecular formula is C21H17FN2O2S. The molecule has 1 amide bonds. The second-order valence-corrected chi connectivity index (χ2v) is 6.24. The Balaban J connectivity index is 1.65. The maximum Gasteiger partial charge on any atom is 0.266 e.